The molecule has 6 aromatic carbocycles. The summed E-state index contributed by atoms with van der Waals surface area (Å²) in [5.74, 6) is -9.27. The molecule has 0 bridgehead atoms. The average molecular weight is 1840 g/mol. The zero-order valence-corrected chi connectivity index (χ0v) is 72.0. The number of hydrogen-bond acceptors (Lipinski definition) is 17. The maximum absolute atomic E-state index is 13.6. The molecule has 0 heterocycles. The summed E-state index contributed by atoms with van der Waals surface area (Å²) in [5.41, 5.74) is 1.46. The minimum Gasteiger partial charge on any atom is -0.481 e. The normalized spacial score (nSPS) is 23.0. The molecule has 6 aliphatic carbocycles. The molecule has 0 spiro atoms. The van der Waals surface area contributed by atoms with Crippen LogP contribution in [0, 0.1) is 28.4 Å². The van der Waals surface area contributed by atoms with Crippen LogP contribution >= 0.6 is 46.7 Å². The Morgan fingerprint density at radius 1 is 0.427 bits per heavy atom. The summed E-state index contributed by atoms with van der Waals surface area (Å²) in [4.78, 5) is 32.5. The van der Waals surface area contributed by atoms with Crippen LogP contribution in [0.3, 0.4) is 0 Å². The second-order valence-corrected chi connectivity index (χ2v) is 35.9. The number of thioether (sulfide) groups is 2. The highest BCUT2D eigenvalue weighted by Crippen LogP contribution is 2.43. The van der Waals surface area contributed by atoms with Crippen molar-refractivity contribution in [2.45, 2.75) is 307 Å². The van der Waals surface area contributed by atoms with E-state index in [9.17, 15) is 97.2 Å². The molecule has 0 saturated heterocycles. The Labute approximate surface area is 734 Å². The van der Waals surface area contributed by atoms with E-state index in [1.54, 1.807) is 54.6 Å². The number of benzene rings is 6. The first-order valence-corrected chi connectivity index (χ1v) is 43.3. The average Bonchev–Trinajstić information content (AvgIpc) is 1.24. The van der Waals surface area contributed by atoms with E-state index < -0.39 is 68.1 Å². The van der Waals surface area contributed by atoms with Crippen LogP contribution in [-0.2, 0) is 38.3 Å². The first-order valence-electron chi connectivity index (χ1n) is 41.0. The first-order chi connectivity index (χ1) is 57.5. The second kappa shape index (κ2) is 48.4. The van der Waals surface area contributed by atoms with Gasteiger partial charge in [-0.15, -0.1) is 6.42 Å². The van der Waals surface area contributed by atoms with Crippen LogP contribution in [0.1, 0.15) is 224 Å². The fraction of sp³-hybridized carbons (Fsp3) is 0.551. The summed E-state index contributed by atoms with van der Waals surface area (Å²) in [5, 5.41) is 80.2. The molecule has 0 amide bonds. The Kier molecular flexibility index (Phi) is 41.0. The topological polar surface area (TPSA) is 280 Å². The molecule has 18 nitrogen and oxygen atoms in total. The lowest BCUT2D eigenvalue weighted by Crippen LogP contribution is -2.30. The molecule has 0 radical (unpaired) electrons. The molecule has 0 aromatic heterocycles. The SMILES string of the molecule is C.C#Cc1ccc(NC2CCC(O)CC2)cc1C(F)(F)F.CC(F)(F)Sc1ccc(NC2CCC(O)CC2)cc1.CC(F)(F)Sc1ccc(NC2CCC(OCC(=O)O)CC2)cc1.CC(F)(F)c1cc(NC2CCC(C(=O)O)CC2)ccc1[N+](=O)[O-].CC(F)(F)c1cc(NC2CCC(O)CC2)ccc1Cl.CC(F)(F)c1cc(NC2CCC(O)CC2)ccc1Cl. The molecule has 12 rings (SSSR count). The van der Waals surface area contributed by atoms with E-state index in [0.717, 1.165) is 173 Å². The molecule has 124 heavy (non-hydrogen) atoms. The number of carbonyl (C=O) groups is 2. The second-order valence-electron chi connectivity index (χ2n) is 32.3. The van der Waals surface area contributed by atoms with Gasteiger partial charge in [0.25, 0.3) is 34.0 Å². The number of alkyl halides is 13. The van der Waals surface area contributed by atoms with Gasteiger partial charge in [-0.3, -0.25) is 14.9 Å². The number of halogens is 15. The summed E-state index contributed by atoms with van der Waals surface area (Å²) < 4.78 is 176. The Morgan fingerprint density at radius 2 is 0.702 bits per heavy atom. The molecule has 0 atom stereocenters. The molecule has 35 heteroatoms. The molecule has 12 N–H and O–H groups in total. The fourth-order valence-electron chi connectivity index (χ4n) is 15.0. The van der Waals surface area contributed by atoms with E-state index in [1.165, 1.54) is 36.4 Å². The van der Waals surface area contributed by atoms with Gasteiger partial charge in [-0.25, -0.2) is 31.1 Å². The third kappa shape index (κ3) is 37.6. The summed E-state index contributed by atoms with van der Waals surface area (Å²) in [7, 11) is 0. The molecule has 0 aliphatic heterocycles. The van der Waals surface area contributed by atoms with Crippen molar-refractivity contribution >= 4 is 98.5 Å². The number of carboxylic acids is 2. The van der Waals surface area contributed by atoms with Gasteiger partial charge in [0.1, 0.15) is 12.2 Å². The molecule has 6 aromatic rings. The number of nitrogens with zero attached hydrogens (tertiary/aromatic N) is 1. The highest BCUT2D eigenvalue weighted by Gasteiger charge is 2.37. The minimum absolute atomic E-state index is 0. The highest BCUT2D eigenvalue weighted by atomic mass is 35.5. The quantitative estimate of drug-likeness (QED) is 0.00882. The van der Waals surface area contributed by atoms with Gasteiger partial charge >= 0.3 is 18.1 Å². The van der Waals surface area contributed by atoms with Crippen LogP contribution in [0.25, 0.3) is 0 Å². The summed E-state index contributed by atoms with van der Waals surface area (Å²) in [6.07, 6.45) is 18.3. The monoisotopic (exact) mass is 1840 g/mol. The minimum atomic E-state index is -4.46. The van der Waals surface area contributed by atoms with Crippen molar-refractivity contribution in [1.82, 2.24) is 0 Å². The van der Waals surface area contributed by atoms with Crippen molar-refractivity contribution in [2.24, 2.45) is 5.92 Å². The third-order valence-corrected chi connectivity index (χ3v) is 23.9. The molecular formula is C89H114Cl2F13N7O11S2. The Bertz CT molecular complexity index is 4240. The van der Waals surface area contributed by atoms with Gasteiger partial charge in [-0.1, -0.05) is 60.1 Å². The van der Waals surface area contributed by atoms with Gasteiger partial charge in [0, 0.05) is 148 Å². The third-order valence-electron chi connectivity index (χ3n) is 21.5. The summed E-state index contributed by atoms with van der Waals surface area (Å²) in [6, 6.07) is 32.0. The van der Waals surface area contributed by atoms with Gasteiger partial charge in [-0.2, -0.15) is 30.7 Å². The van der Waals surface area contributed by atoms with Crippen LogP contribution in [0.15, 0.2) is 131 Å². The van der Waals surface area contributed by atoms with Crippen LogP contribution in [0.4, 0.5) is 96.9 Å². The number of aliphatic hydroxyl groups is 4. The first kappa shape index (κ1) is 105. The number of ether oxygens (including phenoxy) is 1. The lowest BCUT2D eigenvalue weighted by atomic mass is 9.86. The van der Waals surface area contributed by atoms with Crippen molar-refractivity contribution in [3.8, 4) is 12.3 Å². The molecule has 0 unspecified atom stereocenters. The largest absolute Gasteiger partial charge is 0.481 e. The predicted molar refractivity (Wildman–Crippen MR) is 464 cm³/mol. The van der Waals surface area contributed by atoms with E-state index in [2.05, 4.69) is 37.8 Å². The number of nitrogens with one attached hydrogen (secondary N) is 6. The van der Waals surface area contributed by atoms with Gasteiger partial charge in [-0.05, 0) is 269 Å². The number of anilines is 6. The maximum Gasteiger partial charge on any atom is 0.417 e. The Morgan fingerprint density at radius 3 is 0.984 bits per heavy atom. The number of nitro benzene ring substituents is 1. The van der Waals surface area contributed by atoms with E-state index in [1.807, 2.05) is 12.1 Å². The van der Waals surface area contributed by atoms with Crippen LogP contribution in [-0.4, -0.2) is 131 Å². The zero-order valence-electron chi connectivity index (χ0n) is 68.9. The van der Waals surface area contributed by atoms with Gasteiger partial charge in [0.2, 0.25) is 0 Å². The van der Waals surface area contributed by atoms with Crippen molar-refractivity contribution in [1.29, 1.82) is 0 Å². The summed E-state index contributed by atoms with van der Waals surface area (Å²) >= 11 is 12.7. The number of nitro groups is 1. The standard InChI is InChI=1S/C16H21F2NO3S.C15H16F3NO.C15H18F2N2O4.2C14H18ClF2NO.C14H19F2NOS.CH4/c1-16(17,18)23-14-8-4-12(5-9-14)19-11-2-6-13(7-3-11)22-10-15(20)21;1-2-10-3-4-12(9-14(10)15(16,17)18)19-11-5-7-13(20)8-6-11;1-15(16,17)12-8-11(6-7-13(12)19(22)23)18-10-4-2-9(3-5-10)14(20)21;2*1-14(16,17)12-8-10(4-7-13(12)15)18-9-2-5-11(19)6-3-9;1-14(15,16)19-13-8-4-11(5-9-13)17-10-2-6-12(18)7-3-10;/h4-5,8-9,11,13,19H,2-3,6-7,10H2,1H3,(H,20,21);1,3-4,9,11,13,19-20H,5-8H2;6-10,18H,2-5H2,1H3,(H,20,21);2*4,7-9,11,18-19H,2-3,5-6H2,1H3;4-5,8-10,12,17-18H,2-3,6-7H2,1H3;1H4. The molecule has 6 aliphatic rings. The van der Waals surface area contributed by atoms with E-state index >= 15 is 0 Å². The van der Waals surface area contributed by atoms with E-state index in [4.69, 9.17) is 44.6 Å². The van der Waals surface area contributed by atoms with Crippen LogP contribution in [0.2, 0.25) is 10.0 Å². The van der Waals surface area contributed by atoms with Gasteiger partial charge in [0.15, 0.2) is 0 Å². The summed E-state index contributed by atoms with van der Waals surface area (Å²) in [6.45, 7) is 3.84. The number of rotatable bonds is 24. The Hall–Kier alpha value is -7.81. The number of terminal acetylenes is 1. The van der Waals surface area contributed by atoms with Crippen molar-refractivity contribution in [3.05, 3.63) is 169 Å². The smallest absolute Gasteiger partial charge is 0.417 e. The van der Waals surface area contributed by atoms with E-state index in [0.29, 0.717) is 114 Å². The van der Waals surface area contributed by atoms with Crippen molar-refractivity contribution < 1.29 is 107 Å². The molecule has 6 saturated carbocycles. The molecule has 6 fully saturated rings. The predicted octanol–water partition coefficient (Wildman–Crippen LogP) is 24.5. The number of carboxylic acid groups (broad SMARTS) is 2. The van der Waals surface area contributed by atoms with Crippen molar-refractivity contribution in [3.63, 3.8) is 0 Å². The highest BCUT2D eigenvalue weighted by molar-refractivity contribution is 8.00. The fourth-order valence-corrected chi connectivity index (χ4v) is 17.0. The van der Waals surface area contributed by atoms with Crippen LogP contribution in [0.5, 0.6) is 0 Å². The maximum atomic E-state index is 13.6. The van der Waals surface area contributed by atoms with E-state index in [-0.39, 0.29) is 101 Å². The molecular weight excluding hydrogens is 1730 g/mol. The number of aliphatic hydroxyl groups excluding tert-OH is 4. The van der Waals surface area contributed by atoms with Crippen LogP contribution < -0.4 is 31.9 Å². The number of aliphatic carboxylic acids is 2. The lowest BCUT2D eigenvalue weighted by molar-refractivity contribution is -0.386. The lowest BCUT2D eigenvalue weighted by Gasteiger charge is -2.29. The zero-order chi connectivity index (χ0) is 90.8. The molecule has 688 valence electrons. The van der Waals surface area contributed by atoms with Crippen molar-refractivity contribution in [2.75, 3.05) is 38.5 Å². The van der Waals surface area contributed by atoms with Gasteiger partial charge < -0.3 is 67.3 Å². The van der Waals surface area contributed by atoms with Gasteiger partial charge in [0.05, 0.1) is 46.9 Å². The Balaban J connectivity index is 0.000000230. The number of hydrogen-bond donors (Lipinski definition) is 12.